The van der Waals surface area contributed by atoms with Crippen LogP contribution in [0.2, 0.25) is 0 Å². The smallest absolute Gasteiger partial charge is 0.238 e. The first kappa shape index (κ1) is 13.4. The molecule has 1 aromatic rings. The maximum absolute atomic E-state index is 12.0. The molecular formula is C14H20N2OS. The Morgan fingerprint density at radius 2 is 2.22 bits per heavy atom. The van der Waals surface area contributed by atoms with Crippen molar-refractivity contribution in [2.75, 3.05) is 11.6 Å². The number of amides is 1. The summed E-state index contributed by atoms with van der Waals surface area (Å²) in [5, 5.41) is 6.24. The average molecular weight is 264 g/mol. The van der Waals surface area contributed by atoms with E-state index in [1.807, 2.05) is 6.92 Å². The van der Waals surface area contributed by atoms with Gasteiger partial charge in [0.1, 0.15) is 0 Å². The van der Waals surface area contributed by atoms with E-state index in [9.17, 15) is 4.79 Å². The summed E-state index contributed by atoms with van der Waals surface area (Å²) in [7, 11) is 0. The van der Waals surface area contributed by atoms with Gasteiger partial charge in [-0.2, -0.15) is 0 Å². The molecule has 1 heterocycles. The van der Waals surface area contributed by atoms with E-state index in [-0.39, 0.29) is 18.0 Å². The lowest BCUT2D eigenvalue weighted by Crippen LogP contribution is -2.42. The fraction of sp³-hybridized carbons (Fsp3) is 0.500. The van der Waals surface area contributed by atoms with Gasteiger partial charge in [-0.05, 0) is 24.5 Å². The van der Waals surface area contributed by atoms with Crippen molar-refractivity contribution < 1.29 is 4.79 Å². The van der Waals surface area contributed by atoms with E-state index >= 15 is 0 Å². The Morgan fingerprint density at radius 3 is 2.78 bits per heavy atom. The number of carbonyl (C=O) groups is 1. The highest BCUT2D eigenvalue weighted by molar-refractivity contribution is 7.99. The fourth-order valence-electron chi connectivity index (χ4n) is 2.00. The third kappa shape index (κ3) is 3.27. The molecule has 2 atom stereocenters. The number of aryl methyl sites for hydroxylation is 1. The number of carbonyl (C=O) groups excluding carboxylic acids is 1. The summed E-state index contributed by atoms with van der Waals surface area (Å²) < 4.78 is 0. The van der Waals surface area contributed by atoms with Crippen LogP contribution in [0.5, 0.6) is 0 Å². The highest BCUT2D eigenvalue weighted by Crippen LogP contribution is 2.15. The summed E-state index contributed by atoms with van der Waals surface area (Å²) in [6.07, 6.45) is 1.05. The summed E-state index contributed by atoms with van der Waals surface area (Å²) in [5.41, 5.74) is 2.48. The van der Waals surface area contributed by atoms with Crippen LogP contribution < -0.4 is 10.6 Å². The number of hydrogen-bond acceptors (Lipinski definition) is 3. The van der Waals surface area contributed by atoms with Crippen LogP contribution in [0.3, 0.4) is 0 Å². The van der Waals surface area contributed by atoms with Gasteiger partial charge in [0.25, 0.3) is 0 Å². The minimum atomic E-state index is -0.0348. The first-order chi connectivity index (χ1) is 8.70. The Bertz CT molecular complexity index is 399. The second-order valence-corrected chi connectivity index (χ2v) is 5.63. The van der Waals surface area contributed by atoms with Crippen molar-refractivity contribution in [1.82, 2.24) is 10.6 Å². The third-order valence-electron chi connectivity index (χ3n) is 3.28. The van der Waals surface area contributed by atoms with Crippen LogP contribution in [0.1, 0.15) is 31.0 Å². The van der Waals surface area contributed by atoms with Gasteiger partial charge in [0.15, 0.2) is 0 Å². The molecule has 2 unspecified atom stereocenters. The molecule has 18 heavy (non-hydrogen) atoms. The molecule has 1 amide bonds. The quantitative estimate of drug-likeness (QED) is 0.875. The molecule has 4 heteroatoms. The molecule has 1 aromatic carbocycles. The standard InChI is InChI=1S/C14H20N2OS/c1-3-11-4-6-12(7-5-11)10(2)16-14(17)13-8-18-9-15-13/h4-7,10,13,15H,3,8-9H2,1-2H3,(H,16,17). The van der Waals surface area contributed by atoms with Crippen molar-refractivity contribution in [1.29, 1.82) is 0 Å². The molecule has 2 N–H and O–H groups in total. The van der Waals surface area contributed by atoms with Gasteiger partial charge in [-0.15, -0.1) is 11.8 Å². The van der Waals surface area contributed by atoms with Crippen molar-refractivity contribution in [2.45, 2.75) is 32.4 Å². The normalized spacial score (nSPS) is 20.7. The Labute approximate surface area is 113 Å². The summed E-state index contributed by atoms with van der Waals surface area (Å²) >= 11 is 1.77. The molecule has 0 spiro atoms. The summed E-state index contributed by atoms with van der Waals surface area (Å²) in [6, 6.07) is 8.48. The molecule has 2 rings (SSSR count). The molecule has 1 fully saturated rings. The first-order valence-electron chi connectivity index (χ1n) is 6.41. The molecule has 0 radical (unpaired) electrons. The Hall–Kier alpha value is -1.00. The molecule has 1 aliphatic rings. The van der Waals surface area contributed by atoms with Crippen LogP contribution in [-0.4, -0.2) is 23.6 Å². The second-order valence-electron chi connectivity index (χ2n) is 4.60. The van der Waals surface area contributed by atoms with E-state index in [4.69, 9.17) is 0 Å². The van der Waals surface area contributed by atoms with Crippen molar-refractivity contribution in [3.63, 3.8) is 0 Å². The number of hydrogen-bond donors (Lipinski definition) is 2. The average Bonchev–Trinajstić information content (AvgIpc) is 2.92. The highest BCUT2D eigenvalue weighted by atomic mass is 32.2. The number of benzene rings is 1. The minimum absolute atomic E-state index is 0.0348. The van der Waals surface area contributed by atoms with E-state index < -0.39 is 0 Å². The summed E-state index contributed by atoms with van der Waals surface area (Å²) in [6.45, 7) is 4.17. The SMILES string of the molecule is CCc1ccc(C(C)NC(=O)C2CSCN2)cc1. The maximum Gasteiger partial charge on any atom is 0.238 e. The van der Waals surface area contributed by atoms with E-state index in [1.165, 1.54) is 5.56 Å². The highest BCUT2D eigenvalue weighted by Gasteiger charge is 2.23. The molecule has 0 bridgehead atoms. The predicted octanol–water partition coefficient (Wildman–Crippen LogP) is 2.09. The first-order valence-corrected chi connectivity index (χ1v) is 7.56. The molecule has 0 aliphatic carbocycles. The van der Waals surface area contributed by atoms with Crippen molar-refractivity contribution in [3.05, 3.63) is 35.4 Å². The van der Waals surface area contributed by atoms with Crippen LogP contribution in [0.4, 0.5) is 0 Å². The van der Waals surface area contributed by atoms with Gasteiger partial charge < -0.3 is 5.32 Å². The topological polar surface area (TPSA) is 41.1 Å². The summed E-state index contributed by atoms with van der Waals surface area (Å²) in [5.74, 6) is 1.84. The lowest BCUT2D eigenvalue weighted by molar-refractivity contribution is -0.123. The number of thioether (sulfide) groups is 1. The van der Waals surface area contributed by atoms with Gasteiger partial charge in [0.05, 0.1) is 12.1 Å². The lowest BCUT2D eigenvalue weighted by Gasteiger charge is -2.17. The molecule has 3 nitrogen and oxygen atoms in total. The van der Waals surface area contributed by atoms with Gasteiger partial charge in [-0.3, -0.25) is 10.1 Å². The van der Waals surface area contributed by atoms with Gasteiger partial charge >= 0.3 is 0 Å². The zero-order valence-electron chi connectivity index (χ0n) is 10.9. The predicted molar refractivity (Wildman–Crippen MR) is 76.6 cm³/mol. The Balaban J connectivity index is 1.93. The van der Waals surface area contributed by atoms with Crippen LogP contribution in [0.15, 0.2) is 24.3 Å². The Kier molecular flexibility index (Phi) is 4.66. The van der Waals surface area contributed by atoms with Gasteiger partial charge in [0.2, 0.25) is 5.91 Å². The van der Waals surface area contributed by atoms with Crippen molar-refractivity contribution >= 4 is 17.7 Å². The van der Waals surface area contributed by atoms with E-state index in [0.717, 1.165) is 23.6 Å². The second kappa shape index (κ2) is 6.25. The Morgan fingerprint density at radius 1 is 1.50 bits per heavy atom. The van der Waals surface area contributed by atoms with Crippen LogP contribution in [0, 0.1) is 0 Å². The van der Waals surface area contributed by atoms with Crippen LogP contribution in [-0.2, 0) is 11.2 Å². The number of rotatable bonds is 4. The van der Waals surface area contributed by atoms with Crippen molar-refractivity contribution in [2.24, 2.45) is 0 Å². The monoisotopic (exact) mass is 264 g/mol. The molecule has 98 valence electrons. The fourth-order valence-corrected chi connectivity index (χ4v) is 2.94. The number of nitrogens with one attached hydrogen (secondary N) is 2. The molecule has 0 aromatic heterocycles. The zero-order valence-corrected chi connectivity index (χ0v) is 11.7. The van der Waals surface area contributed by atoms with Gasteiger partial charge in [0, 0.05) is 11.6 Å². The van der Waals surface area contributed by atoms with E-state index in [1.54, 1.807) is 11.8 Å². The largest absolute Gasteiger partial charge is 0.348 e. The van der Waals surface area contributed by atoms with Crippen LogP contribution in [0.25, 0.3) is 0 Å². The van der Waals surface area contributed by atoms with Gasteiger partial charge in [-0.1, -0.05) is 31.2 Å². The van der Waals surface area contributed by atoms with Crippen LogP contribution >= 0.6 is 11.8 Å². The van der Waals surface area contributed by atoms with E-state index in [0.29, 0.717) is 0 Å². The minimum Gasteiger partial charge on any atom is -0.348 e. The maximum atomic E-state index is 12.0. The lowest BCUT2D eigenvalue weighted by atomic mass is 10.0. The van der Waals surface area contributed by atoms with Gasteiger partial charge in [-0.25, -0.2) is 0 Å². The third-order valence-corrected chi connectivity index (χ3v) is 4.22. The molecule has 1 saturated heterocycles. The van der Waals surface area contributed by atoms with Crippen molar-refractivity contribution in [3.8, 4) is 0 Å². The zero-order chi connectivity index (χ0) is 13.0. The molecule has 0 saturated carbocycles. The molecule has 1 aliphatic heterocycles. The molecular weight excluding hydrogens is 244 g/mol. The van der Waals surface area contributed by atoms with E-state index in [2.05, 4.69) is 41.8 Å². The summed E-state index contributed by atoms with van der Waals surface area (Å²) in [4.78, 5) is 12.0.